The van der Waals surface area contributed by atoms with Crippen LogP contribution >= 0.6 is 22.6 Å². The second-order valence-electron chi connectivity index (χ2n) is 4.39. The second kappa shape index (κ2) is 3.63. The van der Waals surface area contributed by atoms with E-state index < -0.39 is 0 Å². The summed E-state index contributed by atoms with van der Waals surface area (Å²) < 4.78 is 5.82. The molecule has 0 aromatic heterocycles. The minimum absolute atomic E-state index is 0.187. The van der Waals surface area contributed by atoms with Crippen molar-refractivity contribution in [3.63, 3.8) is 0 Å². The minimum Gasteiger partial charge on any atom is -0.444 e. The SMILES string of the molecule is CC1C(I)CN1C(=O)OC(C)(C)C. The Labute approximate surface area is 92.9 Å². The molecule has 3 nitrogen and oxygen atoms in total. The van der Waals surface area contributed by atoms with Crippen LogP contribution in [0, 0.1) is 0 Å². The van der Waals surface area contributed by atoms with Crippen molar-refractivity contribution in [2.24, 2.45) is 0 Å². The lowest BCUT2D eigenvalue weighted by Gasteiger charge is -2.43. The van der Waals surface area contributed by atoms with Crippen LogP contribution in [-0.2, 0) is 4.74 Å². The molecule has 0 aliphatic carbocycles. The number of nitrogens with zero attached hydrogens (tertiary/aromatic N) is 1. The van der Waals surface area contributed by atoms with E-state index in [1.807, 2.05) is 27.7 Å². The lowest BCUT2D eigenvalue weighted by Crippen LogP contribution is -2.58. The highest BCUT2D eigenvalue weighted by Crippen LogP contribution is 2.26. The molecule has 1 fully saturated rings. The van der Waals surface area contributed by atoms with Gasteiger partial charge in [0.25, 0.3) is 0 Å². The Morgan fingerprint density at radius 1 is 1.54 bits per heavy atom. The van der Waals surface area contributed by atoms with Gasteiger partial charge in [-0.05, 0) is 27.7 Å². The number of rotatable bonds is 0. The topological polar surface area (TPSA) is 29.5 Å². The standard InChI is InChI=1S/C9H16INO2/c1-6-7(10)5-11(6)8(12)13-9(2,3)4/h6-7H,5H2,1-4H3. The van der Waals surface area contributed by atoms with E-state index in [0.717, 1.165) is 6.54 Å². The third kappa shape index (κ3) is 2.72. The molecular weight excluding hydrogens is 281 g/mol. The summed E-state index contributed by atoms with van der Waals surface area (Å²) in [6.45, 7) is 8.52. The summed E-state index contributed by atoms with van der Waals surface area (Å²) >= 11 is 2.36. The van der Waals surface area contributed by atoms with E-state index in [0.29, 0.717) is 9.97 Å². The molecule has 0 aromatic rings. The predicted molar refractivity (Wildman–Crippen MR) is 60.2 cm³/mol. The molecule has 76 valence electrons. The summed E-state index contributed by atoms with van der Waals surface area (Å²) in [6, 6.07) is 0.315. The van der Waals surface area contributed by atoms with E-state index in [1.54, 1.807) is 4.90 Å². The zero-order valence-corrected chi connectivity index (χ0v) is 10.7. The molecule has 1 amide bonds. The van der Waals surface area contributed by atoms with Gasteiger partial charge in [0.1, 0.15) is 5.60 Å². The quantitative estimate of drug-likeness (QED) is 0.508. The van der Waals surface area contributed by atoms with Gasteiger partial charge in [0.2, 0.25) is 0 Å². The molecule has 1 saturated heterocycles. The van der Waals surface area contributed by atoms with Gasteiger partial charge >= 0.3 is 6.09 Å². The number of likely N-dealkylation sites (tertiary alicyclic amines) is 1. The molecule has 0 spiro atoms. The van der Waals surface area contributed by atoms with Crippen LogP contribution in [0.1, 0.15) is 27.7 Å². The number of amides is 1. The maximum Gasteiger partial charge on any atom is 0.410 e. The summed E-state index contributed by atoms with van der Waals surface area (Å²) in [7, 11) is 0. The van der Waals surface area contributed by atoms with E-state index in [-0.39, 0.29) is 11.7 Å². The molecule has 1 rings (SSSR count). The van der Waals surface area contributed by atoms with E-state index in [1.165, 1.54) is 0 Å². The molecule has 1 aliphatic rings. The van der Waals surface area contributed by atoms with E-state index >= 15 is 0 Å². The molecule has 2 atom stereocenters. The van der Waals surface area contributed by atoms with Gasteiger partial charge in [-0.1, -0.05) is 22.6 Å². The Bertz CT molecular complexity index is 212. The molecule has 13 heavy (non-hydrogen) atoms. The minimum atomic E-state index is -0.382. The van der Waals surface area contributed by atoms with Crippen molar-refractivity contribution in [2.45, 2.75) is 43.3 Å². The zero-order valence-electron chi connectivity index (χ0n) is 8.50. The van der Waals surface area contributed by atoms with Crippen LogP contribution in [0.5, 0.6) is 0 Å². The summed E-state index contributed by atoms with van der Waals surface area (Å²) in [5.41, 5.74) is -0.382. The largest absolute Gasteiger partial charge is 0.444 e. The first-order valence-corrected chi connectivity index (χ1v) is 5.69. The molecule has 0 N–H and O–H groups in total. The normalized spacial score (nSPS) is 28.2. The van der Waals surface area contributed by atoms with Gasteiger partial charge < -0.3 is 9.64 Å². The summed E-state index contributed by atoms with van der Waals surface area (Å²) in [6.07, 6.45) is -0.187. The number of carbonyl (C=O) groups is 1. The Kier molecular flexibility index (Phi) is 3.09. The maximum absolute atomic E-state index is 11.5. The Balaban J connectivity index is 2.42. The third-order valence-electron chi connectivity index (χ3n) is 2.01. The molecule has 0 radical (unpaired) electrons. The van der Waals surface area contributed by atoms with Crippen molar-refractivity contribution in [2.75, 3.05) is 6.54 Å². The first-order chi connectivity index (χ1) is 5.81. The number of alkyl halides is 1. The summed E-state index contributed by atoms with van der Waals surface area (Å²) in [5, 5.41) is 0. The summed E-state index contributed by atoms with van der Waals surface area (Å²) in [5.74, 6) is 0. The van der Waals surface area contributed by atoms with Crippen LogP contribution in [-0.4, -0.2) is 33.1 Å². The van der Waals surface area contributed by atoms with Crippen molar-refractivity contribution in [1.29, 1.82) is 0 Å². The second-order valence-corrected chi connectivity index (χ2v) is 5.99. The maximum atomic E-state index is 11.5. The van der Waals surface area contributed by atoms with Crippen LogP contribution in [0.25, 0.3) is 0 Å². The smallest absolute Gasteiger partial charge is 0.410 e. The van der Waals surface area contributed by atoms with Crippen molar-refractivity contribution in [3.8, 4) is 0 Å². The summed E-state index contributed by atoms with van der Waals surface area (Å²) in [4.78, 5) is 13.3. The third-order valence-corrected chi connectivity index (χ3v) is 3.45. The Morgan fingerprint density at radius 2 is 2.08 bits per heavy atom. The average Bonchev–Trinajstić information content (AvgIpc) is 1.95. The van der Waals surface area contributed by atoms with Crippen molar-refractivity contribution in [3.05, 3.63) is 0 Å². The van der Waals surface area contributed by atoms with Crippen molar-refractivity contribution in [1.82, 2.24) is 4.90 Å². The van der Waals surface area contributed by atoms with Crippen LogP contribution in [0.4, 0.5) is 4.79 Å². The molecule has 2 unspecified atom stereocenters. The van der Waals surface area contributed by atoms with Gasteiger partial charge in [0, 0.05) is 16.5 Å². The monoisotopic (exact) mass is 297 g/mol. The number of carbonyl (C=O) groups excluding carboxylic acids is 1. The average molecular weight is 297 g/mol. The van der Waals surface area contributed by atoms with Gasteiger partial charge in [0.05, 0.1) is 0 Å². The van der Waals surface area contributed by atoms with E-state index in [4.69, 9.17) is 4.74 Å². The molecule has 1 aliphatic heterocycles. The first kappa shape index (κ1) is 11.1. The molecule has 0 bridgehead atoms. The number of hydrogen-bond donors (Lipinski definition) is 0. The molecular formula is C9H16INO2. The molecule has 1 heterocycles. The van der Waals surface area contributed by atoms with Crippen LogP contribution in [0.3, 0.4) is 0 Å². The fraction of sp³-hybridized carbons (Fsp3) is 0.889. The number of hydrogen-bond acceptors (Lipinski definition) is 2. The molecule has 0 aromatic carbocycles. The molecule has 0 saturated carbocycles. The number of halogens is 1. The predicted octanol–water partition coefficient (Wildman–Crippen LogP) is 2.43. The lowest BCUT2D eigenvalue weighted by atomic mass is 10.1. The lowest BCUT2D eigenvalue weighted by molar-refractivity contribution is 0.00199. The van der Waals surface area contributed by atoms with E-state index in [9.17, 15) is 4.79 Å². The van der Waals surface area contributed by atoms with Gasteiger partial charge in [-0.3, -0.25) is 0 Å². The first-order valence-electron chi connectivity index (χ1n) is 4.45. The highest BCUT2D eigenvalue weighted by molar-refractivity contribution is 14.1. The Morgan fingerprint density at radius 3 is 2.38 bits per heavy atom. The van der Waals surface area contributed by atoms with Crippen LogP contribution in [0.2, 0.25) is 0 Å². The van der Waals surface area contributed by atoms with E-state index in [2.05, 4.69) is 22.6 Å². The van der Waals surface area contributed by atoms with Crippen LogP contribution < -0.4 is 0 Å². The van der Waals surface area contributed by atoms with Gasteiger partial charge in [-0.15, -0.1) is 0 Å². The van der Waals surface area contributed by atoms with Crippen molar-refractivity contribution < 1.29 is 9.53 Å². The number of ether oxygens (including phenoxy) is 1. The highest BCUT2D eigenvalue weighted by Gasteiger charge is 2.38. The van der Waals surface area contributed by atoms with Gasteiger partial charge in [-0.25, -0.2) is 4.79 Å². The van der Waals surface area contributed by atoms with Gasteiger partial charge in [-0.2, -0.15) is 0 Å². The fourth-order valence-corrected chi connectivity index (χ4v) is 1.94. The van der Waals surface area contributed by atoms with Crippen molar-refractivity contribution >= 4 is 28.7 Å². The van der Waals surface area contributed by atoms with Crippen LogP contribution in [0.15, 0.2) is 0 Å². The highest BCUT2D eigenvalue weighted by atomic mass is 127. The molecule has 4 heteroatoms. The zero-order chi connectivity index (χ0) is 10.2. The Hall–Kier alpha value is 0. The van der Waals surface area contributed by atoms with Gasteiger partial charge in [0.15, 0.2) is 0 Å². The fourth-order valence-electron chi connectivity index (χ4n) is 1.13.